The monoisotopic (exact) mass is 271 g/mol. The lowest BCUT2D eigenvalue weighted by Crippen LogP contribution is -2.25. The summed E-state index contributed by atoms with van der Waals surface area (Å²) in [6, 6.07) is 0. The van der Waals surface area contributed by atoms with E-state index in [0.29, 0.717) is 0 Å². The van der Waals surface area contributed by atoms with Crippen LogP contribution < -0.4 is 0 Å². The third-order valence-corrected chi connectivity index (χ3v) is 1.62. The molecule has 70 valence electrons. The molecule has 2 heteroatoms. The van der Waals surface area contributed by atoms with Crippen LogP contribution in [0.4, 0.5) is 0 Å². The maximum atomic E-state index is 2.54. The van der Waals surface area contributed by atoms with E-state index in [-0.39, 0.29) is 24.0 Å². The average Bonchev–Trinajstić information content (AvgIpc) is 1.90. The zero-order valence-corrected chi connectivity index (χ0v) is 10.4. The predicted octanol–water partition coefficient (Wildman–Crippen LogP) is 3.14. The van der Waals surface area contributed by atoms with Crippen molar-refractivity contribution in [2.75, 3.05) is 19.6 Å². The van der Waals surface area contributed by atoms with E-state index in [2.05, 4.69) is 25.7 Å². The summed E-state index contributed by atoms with van der Waals surface area (Å²) >= 11 is 0. The largest absolute Gasteiger partial charge is 0.303 e. The van der Waals surface area contributed by atoms with Gasteiger partial charge in [-0.1, -0.05) is 20.8 Å². The standard InChI is InChI=1S/C9H21N.HI/c1-4-7-10(8-5-2)9-6-3;/h4-9H2,1-3H3;1H. The van der Waals surface area contributed by atoms with Crippen LogP contribution in [0.2, 0.25) is 0 Å². The van der Waals surface area contributed by atoms with E-state index in [0.717, 1.165) is 0 Å². The lowest BCUT2D eigenvalue weighted by atomic mass is 10.3. The van der Waals surface area contributed by atoms with Gasteiger partial charge < -0.3 is 4.90 Å². The Kier molecular flexibility index (Phi) is 13.8. The third-order valence-electron chi connectivity index (χ3n) is 1.62. The fourth-order valence-corrected chi connectivity index (χ4v) is 1.28. The van der Waals surface area contributed by atoms with Crippen molar-refractivity contribution >= 4 is 24.0 Å². The van der Waals surface area contributed by atoms with Gasteiger partial charge in [0.2, 0.25) is 0 Å². The minimum atomic E-state index is 0. The summed E-state index contributed by atoms with van der Waals surface area (Å²) in [7, 11) is 0. The van der Waals surface area contributed by atoms with E-state index < -0.39 is 0 Å². The number of hydrogen-bond acceptors (Lipinski definition) is 1. The average molecular weight is 271 g/mol. The Hall–Kier alpha value is 0.690. The molecule has 0 fully saturated rings. The molecule has 0 amide bonds. The van der Waals surface area contributed by atoms with Gasteiger partial charge in [-0.3, -0.25) is 0 Å². The summed E-state index contributed by atoms with van der Waals surface area (Å²) in [6.45, 7) is 10.6. The smallest absolute Gasteiger partial charge is 0.00214 e. The highest BCUT2D eigenvalue weighted by atomic mass is 127. The highest BCUT2D eigenvalue weighted by molar-refractivity contribution is 14.0. The van der Waals surface area contributed by atoms with Crippen molar-refractivity contribution in [1.82, 2.24) is 4.90 Å². The van der Waals surface area contributed by atoms with Crippen molar-refractivity contribution < 1.29 is 0 Å². The predicted molar refractivity (Wildman–Crippen MR) is 62.7 cm³/mol. The molecule has 0 rings (SSSR count). The Morgan fingerprint density at radius 3 is 1.18 bits per heavy atom. The molecular formula is C9H22IN. The molecule has 1 nitrogen and oxygen atoms in total. The Labute approximate surface area is 88.6 Å². The molecule has 0 aromatic carbocycles. The van der Waals surface area contributed by atoms with Crippen molar-refractivity contribution in [3.8, 4) is 0 Å². The fraction of sp³-hybridized carbons (Fsp3) is 1.00. The maximum absolute atomic E-state index is 2.54. The minimum Gasteiger partial charge on any atom is -0.303 e. The van der Waals surface area contributed by atoms with E-state index in [1.54, 1.807) is 0 Å². The molecule has 0 bridgehead atoms. The Bertz CT molecular complexity index is 52.3. The summed E-state index contributed by atoms with van der Waals surface area (Å²) in [4.78, 5) is 2.54. The second-order valence-corrected chi connectivity index (χ2v) is 2.84. The van der Waals surface area contributed by atoms with Gasteiger partial charge in [0.25, 0.3) is 0 Å². The lowest BCUT2D eigenvalue weighted by Gasteiger charge is -2.19. The van der Waals surface area contributed by atoms with E-state index in [1.807, 2.05) is 0 Å². The van der Waals surface area contributed by atoms with Crippen molar-refractivity contribution in [3.05, 3.63) is 0 Å². The SMILES string of the molecule is CCCN(CCC)CCC.I. The number of halogens is 1. The van der Waals surface area contributed by atoms with Crippen LogP contribution in [-0.2, 0) is 0 Å². The normalized spacial score (nSPS) is 9.82. The first-order valence-corrected chi connectivity index (χ1v) is 4.57. The second kappa shape index (κ2) is 10.7. The van der Waals surface area contributed by atoms with Crippen molar-refractivity contribution in [2.24, 2.45) is 0 Å². The van der Waals surface area contributed by atoms with Crippen LogP contribution in [0.3, 0.4) is 0 Å². The van der Waals surface area contributed by atoms with E-state index >= 15 is 0 Å². The van der Waals surface area contributed by atoms with Crippen molar-refractivity contribution in [1.29, 1.82) is 0 Å². The highest BCUT2D eigenvalue weighted by Gasteiger charge is 1.98. The number of rotatable bonds is 6. The molecule has 0 aliphatic carbocycles. The molecule has 0 saturated heterocycles. The van der Waals surface area contributed by atoms with E-state index in [1.165, 1.54) is 38.9 Å². The van der Waals surface area contributed by atoms with E-state index in [9.17, 15) is 0 Å². The molecule has 0 atom stereocenters. The summed E-state index contributed by atoms with van der Waals surface area (Å²) in [5, 5.41) is 0. The molecule has 0 aliphatic rings. The van der Waals surface area contributed by atoms with Crippen molar-refractivity contribution in [3.63, 3.8) is 0 Å². The Balaban J connectivity index is 0. The summed E-state index contributed by atoms with van der Waals surface area (Å²) in [6.07, 6.45) is 3.88. The van der Waals surface area contributed by atoms with Gasteiger partial charge in [-0.05, 0) is 38.9 Å². The highest BCUT2D eigenvalue weighted by Crippen LogP contribution is 1.94. The molecule has 0 aromatic rings. The zero-order valence-electron chi connectivity index (χ0n) is 8.10. The van der Waals surface area contributed by atoms with Gasteiger partial charge in [-0.2, -0.15) is 0 Å². The van der Waals surface area contributed by atoms with Crippen LogP contribution in [0.25, 0.3) is 0 Å². The molecule has 0 saturated carbocycles. The van der Waals surface area contributed by atoms with Gasteiger partial charge in [-0.25, -0.2) is 0 Å². The third kappa shape index (κ3) is 8.60. The van der Waals surface area contributed by atoms with Crippen LogP contribution in [0, 0.1) is 0 Å². The first kappa shape index (κ1) is 14.2. The summed E-state index contributed by atoms with van der Waals surface area (Å²) in [5.41, 5.74) is 0. The molecule has 0 heterocycles. The molecule has 0 unspecified atom stereocenters. The van der Waals surface area contributed by atoms with Gasteiger partial charge in [-0.15, -0.1) is 24.0 Å². The first-order valence-electron chi connectivity index (χ1n) is 4.57. The molecule has 11 heavy (non-hydrogen) atoms. The van der Waals surface area contributed by atoms with Crippen LogP contribution >= 0.6 is 24.0 Å². The van der Waals surface area contributed by atoms with Gasteiger partial charge in [0, 0.05) is 0 Å². The van der Waals surface area contributed by atoms with Crippen LogP contribution in [0.15, 0.2) is 0 Å². The molecule has 0 spiro atoms. The zero-order chi connectivity index (χ0) is 7.82. The van der Waals surface area contributed by atoms with Gasteiger partial charge >= 0.3 is 0 Å². The fourth-order valence-electron chi connectivity index (χ4n) is 1.28. The topological polar surface area (TPSA) is 3.24 Å². The summed E-state index contributed by atoms with van der Waals surface area (Å²) in [5.74, 6) is 0. The van der Waals surface area contributed by atoms with Crippen molar-refractivity contribution in [2.45, 2.75) is 40.0 Å². The quantitative estimate of drug-likeness (QED) is 0.671. The minimum absolute atomic E-state index is 0. The summed E-state index contributed by atoms with van der Waals surface area (Å²) < 4.78 is 0. The Morgan fingerprint density at radius 2 is 1.00 bits per heavy atom. The first-order chi connectivity index (χ1) is 4.85. The van der Waals surface area contributed by atoms with E-state index in [4.69, 9.17) is 0 Å². The number of nitrogens with zero attached hydrogens (tertiary/aromatic N) is 1. The molecule has 0 radical (unpaired) electrons. The van der Waals surface area contributed by atoms with Crippen LogP contribution in [0.5, 0.6) is 0 Å². The van der Waals surface area contributed by atoms with Crippen LogP contribution in [0.1, 0.15) is 40.0 Å². The molecule has 0 aromatic heterocycles. The number of hydrogen-bond donors (Lipinski definition) is 0. The molecular weight excluding hydrogens is 249 g/mol. The van der Waals surface area contributed by atoms with Crippen LogP contribution in [-0.4, -0.2) is 24.5 Å². The van der Waals surface area contributed by atoms with Gasteiger partial charge in [0.1, 0.15) is 0 Å². The molecule has 0 N–H and O–H groups in total. The second-order valence-electron chi connectivity index (χ2n) is 2.84. The molecule has 0 aliphatic heterocycles. The maximum Gasteiger partial charge on any atom is -0.00214 e. The van der Waals surface area contributed by atoms with Gasteiger partial charge in [0.15, 0.2) is 0 Å². The Morgan fingerprint density at radius 1 is 0.727 bits per heavy atom. The van der Waals surface area contributed by atoms with Gasteiger partial charge in [0.05, 0.1) is 0 Å². The lowest BCUT2D eigenvalue weighted by molar-refractivity contribution is 0.275.